The molecule has 0 atom stereocenters. The van der Waals surface area contributed by atoms with Crippen molar-refractivity contribution in [1.82, 2.24) is 5.32 Å². The van der Waals surface area contributed by atoms with E-state index in [2.05, 4.69) is 46.9 Å². The first kappa shape index (κ1) is 16.9. The lowest BCUT2D eigenvalue weighted by Crippen LogP contribution is -2.37. The van der Waals surface area contributed by atoms with E-state index in [-0.39, 0.29) is 5.41 Å². The van der Waals surface area contributed by atoms with E-state index in [1.54, 1.807) is 0 Å². The number of ether oxygens (including phenoxy) is 2. The Hall–Kier alpha value is -0.120. The average molecular weight is 245 g/mol. The molecule has 0 rings (SSSR count). The van der Waals surface area contributed by atoms with Crippen LogP contribution in [-0.4, -0.2) is 39.0 Å². The third-order valence-corrected chi connectivity index (χ3v) is 2.30. The van der Waals surface area contributed by atoms with Gasteiger partial charge in [0.25, 0.3) is 0 Å². The molecule has 0 amide bonds. The van der Waals surface area contributed by atoms with Gasteiger partial charge in [0.05, 0.1) is 19.8 Å². The van der Waals surface area contributed by atoms with Gasteiger partial charge in [-0.3, -0.25) is 0 Å². The van der Waals surface area contributed by atoms with Crippen LogP contribution in [0.3, 0.4) is 0 Å². The molecule has 0 bridgehead atoms. The summed E-state index contributed by atoms with van der Waals surface area (Å²) in [6.45, 7) is 17.0. The Bertz CT molecular complexity index is 179. The third-order valence-electron chi connectivity index (χ3n) is 2.30. The van der Waals surface area contributed by atoms with Crippen molar-refractivity contribution in [1.29, 1.82) is 0 Å². The fraction of sp³-hybridized carbons (Fsp3) is 1.00. The van der Waals surface area contributed by atoms with E-state index in [0.717, 1.165) is 19.8 Å². The molecule has 104 valence electrons. The van der Waals surface area contributed by atoms with Crippen LogP contribution in [-0.2, 0) is 9.47 Å². The summed E-state index contributed by atoms with van der Waals surface area (Å²) in [7, 11) is 0. The average Bonchev–Trinajstić information content (AvgIpc) is 2.20. The molecule has 0 aliphatic heterocycles. The molecule has 0 aromatic heterocycles. The molecule has 0 aliphatic carbocycles. The summed E-state index contributed by atoms with van der Waals surface area (Å²) in [4.78, 5) is 0. The Morgan fingerprint density at radius 3 is 2.12 bits per heavy atom. The summed E-state index contributed by atoms with van der Waals surface area (Å²) in [6, 6.07) is 0.531. The SMILES string of the molecule is CC(C)COCCOCC(C)(C)CNC(C)C. The molecule has 1 N–H and O–H groups in total. The van der Waals surface area contributed by atoms with Gasteiger partial charge >= 0.3 is 0 Å². The molecule has 0 aromatic rings. The maximum absolute atomic E-state index is 5.65. The normalized spacial score (nSPS) is 12.7. The molecule has 3 nitrogen and oxygen atoms in total. The molecular weight excluding hydrogens is 214 g/mol. The smallest absolute Gasteiger partial charge is 0.0700 e. The standard InChI is InChI=1S/C14H31NO2/c1-12(2)9-16-7-8-17-11-14(5,6)10-15-13(3)4/h12-13,15H,7-11H2,1-6H3. The van der Waals surface area contributed by atoms with Crippen molar-refractivity contribution in [3.05, 3.63) is 0 Å². The maximum Gasteiger partial charge on any atom is 0.0700 e. The monoisotopic (exact) mass is 245 g/mol. The van der Waals surface area contributed by atoms with E-state index in [1.807, 2.05) is 0 Å². The predicted molar refractivity (Wildman–Crippen MR) is 73.4 cm³/mol. The largest absolute Gasteiger partial charge is 0.379 e. The Morgan fingerprint density at radius 2 is 1.59 bits per heavy atom. The van der Waals surface area contributed by atoms with Gasteiger partial charge in [-0.1, -0.05) is 41.5 Å². The minimum atomic E-state index is 0.183. The van der Waals surface area contributed by atoms with Gasteiger partial charge in [0.1, 0.15) is 0 Å². The Labute approximate surface area is 107 Å². The number of hydrogen-bond acceptors (Lipinski definition) is 3. The lowest BCUT2D eigenvalue weighted by Gasteiger charge is -2.26. The highest BCUT2D eigenvalue weighted by Gasteiger charge is 2.18. The highest BCUT2D eigenvalue weighted by molar-refractivity contribution is 4.72. The zero-order valence-corrected chi connectivity index (χ0v) is 12.5. The molecule has 0 saturated carbocycles. The van der Waals surface area contributed by atoms with Crippen LogP contribution in [0.2, 0.25) is 0 Å². The summed E-state index contributed by atoms with van der Waals surface area (Å²) in [6.07, 6.45) is 0. The first-order chi connectivity index (χ1) is 7.83. The van der Waals surface area contributed by atoms with Crippen molar-refractivity contribution in [2.45, 2.75) is 47.6 Å². The van der Waals surface area contributed by atoms with E-state index in [9.17, 15) is 0 Å². The molecule has 0 saturated heterocycles. The van der Waals surface area contributed by atoms with E-state index in [4.69, 9.17) is 9.47 Å². The second-order valence-electron chi connectivity index (χ2n) is 6.22. The molecule has 0 radical (unpaired) electrons. The van der Waals surface area contributed by atoms with Crippen LogP contribution in [0.1, 0.15) is 41.5 Å². The molecule has 17 heavy (non-hydrogen) atoms. The molecule has 0 aromatic carbocycles. The van der Waals surface area contributed by atoms with Crippen LogP contribution in [0.5, 0.6) is 0 Å². The van der Waals surface area contributed by atoms with E-state index >= 15 is 0 Å². The van der Waals surface area contributed by atoms with Crippen molar-refractivity contribution >= 4 is 0 Å². The van der Waals surface area contributed by atoms with Gasteiger partial charge in [-0.25, -0.2) is 0 Å². The fourth-order valence-electron chi connectivity index (χ4n) is 1.32. The number of nitrogens with one attached hydrogen (secondary N) is 1. The summed E-state index contributed by atoms with van der Waals surface area (Å²) in [5, 5.41) is 3.44. The summed E-state index contributed by atoms with van der Waals surface area (Å²) in [5.74, 6) is 0.599. The second-order valence-corrected chi connectivity index (χ2v) is 6.22. The highest BCUT2D eigenvalue weighted by atomic mass is 16.5. The van der Waals surface area contributed by atoms with Crippen LogP contribution in [0.15, 0.2) is 0 Å². The van der Waals surface area contributed by atoms with Crippen LogP contribution in [0, 0.1) is 11.3 Å². The molecule has 0 heterocycles. The molecule has 0 aliphatic rings. The van der Waals surface area contributed by atoms with Crippen molar-refractivity contribution in [2.24, 2.45) is 11.3 Å². The first-order valence-corrected chi connectivity index (χ1v) is 6.72. The zero-order valence-electron chi connectivity index (χ0n) is 12.5. The lowest BCUT2D eigenvalue weighted by atomic mass is 9.94. The van der Waals surface area contributed by atoms with Crippen LogP contribution in [0.25, 0.3) is 0 Å². The molecule has 3 heteroatoms. The van der Waals surface area contributed by atoms with Gasteiger partial charge in [0.2, 0.25) is 0 Å². The van der Waals surface area contributed by atoms with Crippen LogP contribution in [0.4, 0.5) is 0 Å². The molecule has 0 unspecified atom stereocenters. The minimum Gasteiger partial charge on any atom is -0.379 e. The Kier molecular flexibility index (Phi) is 8.83. The fourth-order valence-corrected chi connectivity index (χ4v) is 1.32. The number of hydrogen-bond donors (Lipinski definition) is 1. The van der Waals surface area contributed by atoms with Gasteiger partial charge in [0, 0.05) is 24.6 Å². The van der Waals surface area contributed by atoms with Gasteiger partial charge in [-0.2, -0.15) is 0 Å². The van der Waals surface area contributed by atoms with Crippen molar-refractivity contribution in [3.63, 3.8) is 0 Å². The minimum absolute atomic E-state index is 0.183. The van der Waals surface area contributed by atoms with Gasteiger partial charge in [-0.05, 0) is 5.92 Å². The molecular formula is C14H31NO2. The molecule has 0 spiro atoms. The Morgan fingerprint density at radius 1 is 1.00 bits per heavy atom. The second kappa shape index (κ2) is 8.90. The van der Waals surface area contributed by atoms with Crippen LogP contribution < -0.4 is 5.32 Å². The summed E-state index contributed by atoms with van der Waals surface area (Å²) >= 11 is 0. The van der Waals surface area contributed by atoms with Crippen molar-refractivity contribution < 1.29 is 9.47 Å². The van der Waals surface area contributed by atoms with Crippen molar-refractivity contribution in [2.75, 3.05) is 33.0 Å². The van der Waals surface area contributed by atoms with Gasteiger partial charge in [-0.15, -0.1) is 0 Å². The first-order valence-electron chi connectivity index (χ1n) is 6.72. The topological polar surface area (TPSA) is 30.5 Å². The van der Waals surface area contributed by atoms with Crippen molar-refractivity contribution in [3.8, 4) is 0 Å². The predicted octanol–water partition coefficient (Wildman–Crippen LogP) is 2.70. The van der Waals surface area contributed by atoms with Gasteiger partial charge < -0.3 is 14.8 Å². The van der Waals surface area contributed by atoms with E-state index < -0.39 is 0 Å². The highest BCUT2D eigenvalue weighted by Crippen LogP contribution is 2.14. The quantitative estimate of drug-likeness (QED) is 0.600. The number of rotatable bonds is 10. The summed E-state index contributed by atoms with van der Waals surface area (Å²) in [5.41, 5.74) is 0.183. The zero-order chi connectivity index (χ0) is 13.3. The Balaban J connectivity index is 3.45. The van der Waals surface area contributed by atoms with Gasteiger partial charge in [0.15, 0.2) is 0 Å². The lowest BCUT2D eigenvalue weighted by molar-refractivity contribution is 0.00875. The van der Waals surface area contributed by atoms with E-state index in [0.29, 0.717) is 25.2 Å². The maximum atomic E-state index is 5.65. The van der Waals surface area contributed by atoms with Crippen LogP contribution >= 0.6 is 0 Å². The van der Waals surface area contributed by atoms with E-state index in [1.165, 1.54) is 0 Å². The molecule has 0 fully saturated rings. The summed E-state index contributed by atoms with van der Waals surface area (Å²) < 4.78 is 11.1. The third kappa shape index (κ3) is 12.1.